The van der Waals surface area contributed by atoms with Crippen LogP contribution in [-0.2, 0) is 16.2 Å². The van der Waals surface area contributed by atoms with Gasteiger partial charge in [0.25, 0.3) is 0 Å². The molecule has 7 aromatic rings. The normalized spacial score (nSPS) is 25.0. The third kappa shape index (κ3) is 5.52. The lowest BCUT2D eigenvalue weighted by Gasteiger charge is -2.63. The topological polar surface area (TPSA) is 12.5 Å². The van der Waals surface area contributed by atoms with E-state index in [1.165, 1.54) is 117 Å². The molecule has 0 aromatic heterocycles. The molecule has 60 heavy (non-hydrogen) atoms. The van der Waals surface area contributed by atoms with E-state index >= 15 is 0 Å². The van der Waals surface area contributed by atoms with Gasteiger partial charge in [0.05, 0.1) is 0 Å². The molecule has 0 N–H and O–H groups in total. The number of ether oxygens (including phenoxy) is 1. The number of para-hydroxylation sites is 1. The molecule has 4 saturated carbocycles. The van der Waals surface area contributed by atoms with Crippen molar-refractivity contribution in [3.63, 3.8) is 0 Å². The molecule has 0 radical (unpaired) electrons. The standard InChI is InChI=1S/C58H55NO/c1-56(2)27-28-57(3,4)52-35-48(23-25-50(52)56)59(47-21-19-41(20-22-47)40-13-15-42(16-14-40)44-18-17-39-9-5-6-10-43(39)34-44)49-24-26-55-53(36-49)58(51-11-7-8-12-54(51)60-55)45-30-37-29-38(32-45)33-46(58)31-37/h5-26,34-38,45-46H,27-33H2,1-4H3. The molecule has 298 valence electrons. The smallest absolute Gasteiger partial charge is 0.131 e. The van der Waals surface area contributed by atoms with Crippen LogP contribution in [0.25, 0.3) is 33.0 Å². The molecule has 5 aliphatic carbocycles. The van der Waals surface area contributed by atoms with Crippen LogP contribution in [0, 0.1) is 23.7 Å². The van der Waals surface area contributed by atoms with Crippen LogP contribution in [0.3, 0.4) is 0 Å². The fourth-order valence-corrected chi connectivity index (χ4v) is 13.2. The quantitative estimate of drug-likeness (QED) is 0.172. The third-order valence-electron chi connectivity index (χ3n) is 16.2. The summed E-state index contributed by atoms with van der Waals surface area (Å²) in [4.78, 5) is 2.54. The summed E-state index contributed by atoms with van der Waals surface area (Å²) in [5, 5.41) is 2.55. The van der Waals surface area contributed by atoms with Gasteiger partial charge in [-0.25, -0.2) is 0 Å². The molecule has 0 amide bonds. The van der Waals surface area contributed by atoms with E-state index in [0.717, 1.165) is 23.3 Å². The summed E-state index contributed by atoms with van der Waals surface area (Å²) < 4.78 is 6.88. The van der Waals surface area contributed by atoms with Gasteiger partial charge in [0, 0.05) is 33.6 Å². The van der Waals surface area contributed by atoms with Crippen LogP contribution in [0.4, 0.5) is 17.1 Å². The highest BCUT2D eigenvalue weighted by atomic mass is 16.5. The Labute approximate surface area is 356 Å². The Morgan fingerprint density at radius 1 is 0.417 bits per heavy atom. The van der Waals surface area contributed by atoms with Crippen LogP contribution in [-0.4, -0.2) is 0 Å². The zero-order valence-corrected chi connectivity index (χ0v) is 35.5. The molecule has 2 nitrogen and oxygen atoms in total. The lowest BCUT2D eigenvalue weighted by molar-refractivity contribution is -0.0452. The minimum Gasteiger partial charge on any atom is -0.457 e. The summed E-state index contributed by atoms with van der Waals surface area (Å²) in [5.74, 6) is 5.20. The summed E-state index contributed by atoms with van der Waals surface area (Å²) >= 11 is 0. The van der Waals surface area contributed by atoms with Crippen molar-refractivity contribution in [2.24, 2.45) is 23.7 Å². The highest BCUT2D eigenvalue weighted by molar-refractivity contribution is 5.88. The van der Waals surface area contributed by atoms with Crippen LogP contribution >= 0.6 is 0 Å². The van der Waals surface area contributed by atoms with Gasteiger partial charge in [-0.1, -0.05) is 125 Å². The van der Waals surface area contributed by atoms with E-state index in [2.05, 4.69) is 184 Å². The van der Waals surface area contributed by atoms with Gasteiger partial charge in [-0.05, 0) is 178 Å². The molecule has 1 heterocycles. The molecule has 0 atom stereocenters. The average molecular weight is 782 g/mol. The monoisotopic (exact) mass is 781 g/mol. The minimum absolute atomic E-state index is 0.00991. The largest absolute Gasteiger partial charge is 0.457 e. The fraction of sp³-hybridized carbons (Fsp3) is 0.310. The number of anilines is 3. The molecule has 0 saturated heterocycles. The van der Waals surface area contributed by atoms with Crippen molar-refractivity contribution in [3.8, 4) is 33.8 Å². The van der Waals surface area contributed by atoms with Gasteiger partial charge < -0.3 is 9.64 Å². The Hall–Kier alpha value is -5.60. The summed E-state index contributed by atoms with van der Waals surface area (Å²) in [7, 11) is 0. The van der Waals surface area contributed by atoms with Gasteiger partial charge in [0.15, 0.2) is 0 Å². The van der Waals surface area contributed by atoms with E-state index in [0.29, 0.717) is 11.8 Å². The average Bonchev–Trinajstić information content (AvgIpc) is 3.27. The van der Waals surface area contributed by atoms with Crippen LogP contribution in [0.1, 0.15) is 94.9 Å². The Balaban J connectivity index is 0.971. The second-order valence-electron chi connectivity index (χ2n) is 20.5. The van der Waals surface area contributed by atoms with Crippen LogP contribution in [0.5, 0.6) is 11.5 Å². The highest BCUT2D eigenvalue weighted by Gasteiger charge is 2.61. The Kier molecular flexibility index (Phi) is 7.98. The molecule has 7 aromatic carbocycles. The zero-order valence-electron chi connectivity index (χ0n) is 35.5. The maximum Gasteiger partial charge on any atom is 0.131 e. The van der Waals surface area contributed by atoms with Crippen molar-refractivity contribution in [3.05, 3.63) is 174 Å². The molecule has 4 fully saturated rings. The SMILES string of the molecule is CC1(C)CCC(C)(C)c2cc(N(c3ccc(-c4ccc(-c5ccc6ccccc6c5)cc4)cc3)c3ccc4c(c3)C3(c5ccccc5O4)C4CC5CC(C4)CC3C5)ccc21. The first-order valence-electron chi connectivity index (χ1n) is 22.7. The van der Waals surface area contributed by atoms with Gasteiger partial charge in [0.1, 0.15) is 11.5 Å². The summed E-state index contributed by atoms with van der Waals surface area (Å²) in [6, 6.07) is 57.3. The maximum absolute atomic E-state index is 6.88. The molecule has 1 aliphatic heterocycles. The number of hydrogen-bond donors (Lipinski definition) is 0. The predicted molar refractivity (Wildman–Crippen MR) is 249 cm³/mol. The third-order valence-corrected chi connectivity index (χ3v) is 16.2. The Morgan fingerprint density at radius 3 is 1.63 bits per heavy atom. The molecular formula is C58H55NO. The zero-order chi connectivity index (χ0) is 40.4. The first-order chi connectivity index (χ1) is 29.1. The molecular weight excluding hydrogens is 727 g/mol. The number of fused-ring (bicyclic) bond motifs is 4. The second-order valence-corrected chi connectivity index (χ2v) is 20.5. The summed E-state index contributed by atoms with van der Waals surface area (Å²) in [6.45, 7) is 9.74. The maximum atomic E-state index is 6.88. The van der Waals surface area contributed by atoms with Crippen LogP contribution in [0.15, 0.2) is 152 Å². The van der Waals surface area contributed by atoms with Gasteiger partial charge in [0.2, 0.25) is 0 Å². The summed E-state index contributed by atoms with van der Waals surface area (Å²) in [5.41, 5.74) is 14.6. The van der Waals surface area contributed by atoms with Crippen molar-refractivity contribution in [2.75, 3.05) is 4.90 Å². The number of benzene rings is 7. The number of nitrogens with zero attached hydrogens (tertiary/aromatic N) is 1. The van der Waals surface area contributed by atoms with E-state index in [9.17, 15) is 0 Å². The molecule has 4 bridgehead atoms. The molecule has 13 rings (SSSR count). The van der Waals surface area contributed by atoms with E-state index in [-0.39, 0.29) is 16.2 Å². The van der Waals surface area contributed by atoms with E-state index in [1.807, 2.05) is 0 Å². The number of rotatable bonds is 5. The van der Waals surface area contributed by atoms with Gasteiger partial charge in [-0.3, -0.25) is 0 Å². The molecule has 1 spiro atoms. The lowest BCUT2D eigenvalue weighted by Crippen LogP contribution is -2.57. The van der Waals surface area contributed by atoms with E-state index in [1.54, 1.807) is 0 Å². The van der Waals surface area contributed by atoms with Crippen molar-refractivity contribution in [1.82, 2.24) is 0 Å². The number of hydrogen-bond acceptors (Lipinski definition) is 2. The molecule has 6 aliphatic rings. The fourth-order valence-electron chi connectivity index (χ4n) is 13.2. The van der Waals surface area contributed by atoms with Gasteiger partial charge in [-0.15, -0.1) is 0 Å². The Morgan fingerprint density at radius 2 is 0.933 bits per heavy atom. The summed E-state index contributed by atoms with van der Waals surface area (Å²) in [6.07, 6.45) is 9.21. The minimum atomic E-state index is -0.00991. The van der Waals surface area contributed by atoms with Crippen molar-refractivity contribution in [2.45, 2.75) is 88.9 Å². The van der Waals surface area contributed by atoms with Crippen molar-refractivity contribution < 1.29 is 4.74 Å². The van der Waals surface area contributed by atoms with Gasteiger partial charge in [-0.2, -0.15) is 0 Å². The highest BCUT2D eigenvalue weighted by Crippen LogP contribution is 2.69. The second kappa shape index (κ2) is 13.2. The van der Waals surface area contributed by atoms with Crippen molar-refractivity contribution in [1.29, 1.82) is 0 Å². The lowest BCUT2D eigenvalue weighted by atomic mass is 9.42. The van der Waals surface area contributed by atoms with Crippen LogP contribution < -0.4 is 9.64 Å². The van der Waals surface area contributed by atoms with E-state index in [4.69, 9.17) is 4.74 Å². The Bertz CT molecular complexity index is 2780. The predicted octanol–water partition coefficient (Wildman–Crippen LogP) is 15.8. The first-order valence-corrected chi connectivity index (χ1v) is 22.7. The van der Waals surface area contributed by atoms with Crippen molar-refractivity contribution >= 4 is 27.8 Å². The molecule has 2 heteroatoms. The van der Waals surface area contributed by atoms with Crippen LogP contribution in [0.2, 0.25) is 0 Å². The van der Waals surface area contributed by atoms with E-state index < -0.39 is 0 Å². The first kappa shape index (κ1) is 36.3. The molecule has 0 unspecified atom stereocenters. The van der Waals surface area contributed by atoms with Gasteiger partial charge >= 0.3 is 0 Å².